The Morgan fingerprint density at radius 3 is 2.04 bits per heavy atom. The van der Waals surface area contributed by atoms with Gasteiger partial charge in [0.05, 0.1) is 42.9 Å². The fourth-order valence-corrected chi connectivity index (χ4v) is 5.83. The lowest BCUT2D eigenvalue weighted by Crippen LogP contribution is -2.46. The summed E-state index contributed by atoms with van der Waals surface area (Å²) in [7, 11) is -2.47. The summed E-state index contributed by atoms with van der Waals surface area (Å²) in [5.41, 5.74) is 3.01. The average molecular weight is 702 g/mol. The van der Waals surface area contributed by atoms with E-state index in [9.17, 15) is 31.9 Å². The number of nitrogens with zero attached hydrogens (tertiary/aromatic N) is 3. The second-order valence-electron chi connectivity index (χ2n) is 12.0. The number of hydrogen-bond donors (Lipinski definition) is 3. The molecule has 0 saturated heterocycles. The molecule has 0 spiro atoms. The van der Waals surface area contributed by atoms with Gasteiger partial charge in [0.15, 0.2) is 0 Å². The number of rotatable bonds is 13. The van der Waals surface area contributed by atoms with Crippen LogP contribution in [0.3, 0.4) is 0 Å². The van der Waals surface area contributed by atoms with Crippen LogP contribution < -0.4 is 14.9 Å². The van der Waals surface area contributed by atoms with E-state index in [1.165, 1.54) is 66.3 Å². The Hall–Kier alpha value is -5.40. The molecule has 50 heavy (non-hydrogen) atoms. The average Bonchev–Trinajstić information content (AvgIpc) is 3.56. The molecule has 0 aliphatic carbocycles. The SMILES string of the molecule is C[C@@H](NC(=O)c1cc(C(=O)N[C@@H](Cc2ccccc2)[C@@H](O)Cn2cc(-c3ccc(F)cc3)cn2)cc(N(C)S(C)(=O)=O)c1)c1ccc(F)cc1. The molecular formula is C37H37F2N5O5S. The number of halogens is 2. The number of carbonyl (C=O) groups is 2. The van der Waals surface area contributed by atoms with E-state index in [0.717, 1.165) is 21.7 Å². The van der Waals surface area contributed by atoms with Crippen LogP contribution in [0.4, 0.5) is 14.5 Å². The number of aromatic nitrogens is 2. The van der Waals surface area contributed by atoms with Gasteiger partial charge in [0.1, 0.15) is 11.6 Å². The molecular weight excluding hydrogens is 665 g/mol. The van der Waals surface area contributed by atoms with Crippen molar-refractivity contribution in [3.8, 4) is 11.1 Å². The van der Waals surface area contributed by atoms with Crippen molar-refractivity contribution in [1.29, 1.82) is 0 Å². The van der Waals surface area contributed by atoms with Gasteiger partial charge in [-0.1, -0.05) is 54.6 Å². The molecule has 0 unspecified atom stereocenters. The number of hydrogen-bond acceptors (Lipinski definition) is 6. The molecule has 260 valence electrons. The van der Waals surface area contributed by atoms with Gasteiger partial charge in [-0.15, -0.1) is 0 Å². The molecule has 13 heteroatoms. The van der Waals surface area contributed by atoms with Crippen LogP contribution in [0.1, 0.15) is 44.8 Å². The highest BCUT2D eigenvalue weighted by molar-refractivity contribution is 7.92. The summed E-state index contributed by atoms with van der Waals surface area (Å²) in [5.74, 6) is -2.02. The largest absolute Gasteiger partial charge is 0.389 e. The summed E-state index contributed by atoms with van der Waals surface area (Å²) >= 11 is 0. The maximum atomic E-state index is 13.9. The molecule has 0 radical (unpaired) electrons. The molecule has 10 nitrogen and oxygen atoms in total. The van der Waals surface area contributed by atoms with Gasteiger partial charge >= 0.3 is 0 Å². The quantitative estimate of drug-likeness (QED) is 0.156. The predicted octanol–water partition coefficient (Wildman–Crippen LogP) is 5.12. The van der Waals surface area contributed by atoms with E-state index in [-0.39, 0.29) is 35.6 Å². The molecule has 5 aromatic rings. The number of anilines is 1. The molecule has 0 aliphatic heterocycles. The topological polar surface area (TPSA) is 134 Å². The van der Waals surface area contributed by atoms with E-state index in [1.807, 2.05) is 30.3 Å². The van der Waals surface area contributed by atoms with Gasteiger partial charge in [0, 0.05) is 29.9 Å². The Balaban J connectivity index is 1.41. The summed E-state index contributed by atoms with van der Waals surface area (Å²) in [6.07, 6.45) is 3.41. The fraction of sp³-hybridized carbons (Fsp3) is 0.216. The van der Waals surface area contributed by atoms with Crippen LogP contribution in [0.2, 0.25) is 0 Å². The number of amides is 2. The van der Waals surface area contributed by atoms with Crippen LogP contribution >= 0.6 is 0 Å². The molecule has 0 aliphatic rings. The second kappa shape index (κ2) is 15.4. The first-order valence-corrected chi connectivity index (χ1v) is 17.6. The molecule has 2 amide bonds. The van der Waals surface area contributed by atoms with Gasteiger partial charge in [-0.3, -0.25) is 18.6 Å². The third-order valence-corrected chi connectivity index (χ3v) is 9.49. The number of benzene rings is 4. The van der Waals surface area contributed by atoms with Crippen LogP contribution in [0.15, 0.2) is 109 Å². The summed E-state index contributed by atoms with van der Waals surface area (Å²) in [5, 5.41) is 21.5. The highest BCUT2D eigenvalue weighted by Crippen LogP contribution is 2.23. The Labute approximate surface area is 289 Å². The van der Waals surface area contributed by atoms with Gasteiger partial charge in [0.25, 0.3) is 11.8 Å². The molecule has 3 atom stereocenters. The van der Waals surface area contributed by atoms with Crippen molar-refractivity contribution in [1.82, 2.24) is 20.4 Å². The first-order chi connectivity index (χ1) is 23.8. The van der Waals surface area contributed by atoms with Crippen molar-refractivity contribution in [3.63, 3.8) is 0 Å². The van der Waals surface area contributed by atoms with Crippen molar-refractivity contribution in [3.05, 3.63) is 143 Å². The van der Waals surface area contributed by atoms with E-state index in [1.54, 1.807) is 31.5 Å². The standard InChI is InChI=1S/C37H37F2N5O5S/c1-24(26-9-13-31(38)14-10-26)41-36(46)28-18-29(20-33(19-28)43(2)50(3,48)49)37(47)42-34(17-25-7-5-4-6-8-25)35(45)23-44-22-30(21-40-44)27-11-15-32(39)16-12-27/h4-16,18-22,24,34-35,45H,17,23H2,1-3H3,(H,41,46)(H,42,47)/t24-,34+,35+/m1/s1. The molecule has 0 bridgehead atoms. The Morgan fingerprint density at radius 1 is 0.860 bits per heavy atom. The molecule has 5 rings (SSSR count). The van der Waals surface area contributed by atoms with Crippen LogP contribution in [0.5, 0.6) is 0 Å². The zero-order chi connectivity index (χ0) is 36.0. The molecule has 0 fully saturated rings. The maximum absolute atomic E-state index is 13.9. The van der Waals surface area contributed by atoms with Crippen LogP contribution in [-0.2, 0) is 23.0 Å². The van der Waals surface area contributed by atoms with E-state index >= 15 is 0 Å². The minimum absolute atomic E-state index is 0.00472. The van der Waals surface area contributed by atoms with Crippen molar-refractivity contribution in [2.75, 3.05) is 17.6 Å². The summed E-state index contributed by atoms with van der Waals surface area (Å²) in [6.45, 7) is 1.72. The smallest absolute Gasteiger partial charge is 0.251 e. The van der Waals surface area contributed by atoms with Gasteiger partial charge in [-0.2, -0.15) is 5.10 Å². The van der Waals surface area contributed by atoms with Crippen molar-refractivity contribution in [2.45, 2.75) is 38.1 Å². The Bertz CT molecular complexity index is 2060. The van der Waals surface area contributed by atoms with Gasteiger partial charge < -0.3 is 15.7 Å². The lowest BCUT2D eigenvalue weighted by Gasteiger charge is -2.25. The van der Waals surface area contributed by atoms with Gasteiger partial charge in [-0.25, -0.2) is 17.2 Å². The number of aliphatic hydroxyl groups is 1. The van der Waals surface area contributed by atoms with Crippen LogP contribution in [0.25, 0.3) is 11.1 Å². The second-order valence-corrected chi connectivity index (χ2v) is 14.1. The highest BCUT2D eigenvalue weighted by Gasteiger charge is 2.26. The molecule has 1 aromatic heterocycles. The number of aliphatic hydroxyl groups excluding tert-OH is 1. The van der Waals surface area contributed by atoms with Gasteiger partial charge in [0.2, 0.25) is 10.0 Å². The number of carbonyl (C=O) groups excluding carboxylic acids is 2. The Kier molecular flexibility index (Phi) is 11.1. The first kappa shape index (κ1) is 35.9. The molecule has 3 N–H and O–H groups in total. The molecule has 0 saturated carbocycles. The van der Waals surface area contributed by atoms with E-state index in [2.05, 4.69) is 15.7 Å². The predicted molar refractivity (Wildman–Crippen MR) is 187 cm³/mol. The molecule has 1 heterocycles. The number of sulfonamides is 1. The first-order valence-electron chi connectivity index (χ1n) is 15.7. The lowest BCUT2D eigenvalue weighted by molar-refractivity contribution is 0.0780. The normalized spacial score (nSPS) is 13.2. The minimum Gasteiger partial charge on any atom is -0.389 e. The summed E-state index contributed by atoms with van der Waals surface area (Å²) < 4.78 is 54.3. The van der Waals surface area contributed by atoms with Gasteiger partial charge in [-0.05, 0) is 72.5 Å². The highest BCUT2D eigenvalue weighted by atomic mass is 32.2. The number of nitrogens with one attached hydrogen (secondary N) is 2. The summed E-state index contributed by atoms with van der Waals surface area (Å²) in [4.78, 5) is 27.3. The molecule has 4 aromatic carbocycles. The fourth-order valence-electron chi connectivity index (χ4n) is 5.34. The monoisotopic (exact) mass is 701 g/mol. The third kappa shape index (κ3) is 9.18. The minimum atomic E-state index is -3.78. The van der Waals surface area contributed by atoms with Crippen LogP contribution in [0, 0.1) is 11.6 Å². The van der Waals surface area contributed by atoms with E-state index in [0.29, 0.717) is 11.1 Å². The van der Waals surface area contributed by atoms with Crippen molar-refractivity contribution < 1.29 is 31.9 Å². The van der Waals surface area contributed by atoms with Crippen molar-refractivity contribution in [2.24, 2.45) is 0 Å². The third-order valence-electron chi connectivity index (χ3n) is 8.29. The lowest BCUT2D eigenvalue weighted by atomic mass is 10.00. The van der Waals surface area contributed by atoms with Crippen LogP contribution in [-0.4, -0.2) is 60.6 Å². The van der Waals surface area contributed by atoms with E-state index < -0.39 is 45.8 Å². The maximum Gasteiger partial charge on any atom is 0.251 e. The zero-order valence-electron chi connectivity index (χ0n) is 27.6. The van der Waals surface area contributed by atoms with E-state index in [4.69, 9.17) is 0 Å². The Morgan fingerprint density at radius 2 is 1.44 bits per heavy atom. The summed E-state index contributed by atoms with van der Waals surface area (Å²) in [6, 6.07) is 23.5. The van der Waals surface area contributed by atoms with Crippen molar-refractivity contribution >= 4 is 27.5 Å². The zero-order valence-corrected chi connectivity index (χ0v) is 28.4.